The summed E-state index contributed by atoms with van der Waals surface area (Å²) in [5.74, 6) is 0. The molecule has 0 saturated carbocycles. The van der Waals surface area contributed by atoms with E-state index in [-0.39, 0.29) is 0 Å². The zero-order valence-electron chi connectivity index (χ0n) is 7.54. The minimum atomic E-state index is 0.600. The van der Waals surface area contributed by atoms with E-state index in [4.69, 9.17) is 0 Å². The van der Waals surface area contributed by atoms with E-state index in [2.05, 4.69) is 42.5 Å². The second-order valence-electron chi connectivity index (χ2n) is 2.98. The van der Waals surface area contributed by atoms with Crippen LogP contribution < -0.4 is 0 Å². The molecule has 0 fully saturated rings. The quantitative estimate of drug-likeness (QED) is 0.454. The molecule has 0 bridgehead atoms. The summed E-state index contributed by atoms with van der Waals surface area (Å²) in [6.07, 6.45) is 5.63. The Kier molecular flexibility index (Phi) is 3.62. The Morgan fingerprint density at radius 1 is 1.67 bits per heavy atom. The lowest BCUT2D eigenvalue weighted by molar-refractivity contribution is 1.03. The van der Waals surface area contributed by atoms with Gasteiger partial charge >= 0.3 is 0 Å². The summed E-state index contributed by atoms with van der Waals surface area (Å²) in [7, 11) is 7.32. The van der Waals surface area contributed by atoms with Gasteiger partial charge in [0.25, 0.3) is 0 Å². The van der Waals surface area contributed by atoms with Gasteiger partial charge < -0.3 is 0 Å². The molecule has 3 heteroatoms. The number of nitrogens with zero attached hydrogens (tertiary/aromatic N) is 1. The first-order valence-corrected chi connectivity index (χ1v) is 5.26. The standard InChI is InChI=1S/C9H15NP2/c1-6-5-7(11)3-4-8(6)9(12)10-2/h4-5,7H,3,11-12H2,1-2H3/t7-/m0/s1. The van der Waals surface area contributed by atoms with E-state index < -0.39 is 0 Å². The lowest BCUT2D eigenvalue weighted by Crippen LogP contribution is -2.05. The zero-order chi connectivity index (χ0) is 9.14. The minimum Gasteiger partial charge on any atom is -0.288 e. The van der Waals surface area contributed by atoms with Gasteiger partial charge in [-0.15, -0.1) is 9.24 Å². The van der Waals surface area contributed by atoms with Gasteiger partial charge in [0.05, 0.1) is 5.45 Å². The van der Waals surface area contributed by atoms with Crippen LogP contribution in [0.15, 0.2) is 28.3 Å². The van der Waals surface area contributed by atoms with Crippen molar-refractivity contribution in [2.45, 2.75) is 19.0 Å². The molecular weight excluding hydrogens is 184 g/mol. The van der Waals surface area contributed by atoms with E-state index in [1.807, 2.05) is 7.05 Å². The molecule has 0 spiro atoms. The molecule has 0 saturated heterocycles. The summed E-state index contributed by atoms with van der Waals surface area (Å²) in [6, 6.07) is 0. The number of hydrogen-bond acceptors (Lipinski definition) is 1. The third-order valence-corrected chi connectivity index (χ3v) is 3.03. The van der Waals surface area contributed by atoms with Crippen LogP contribution in [0, 0.1) is 0 Å². The van der Waals surface area contributed by atoms with E-state index in [0.717, 1.165) is 11.9 Å². The Bertz CT molecular complexity index is 264. The predicted molar refractivity (Wildman–Crippen MR) is 63.0 cm³/mol. The molecule has 0 radical (unpaired) electrons. The van der Waals surface area contributed by atoms with E-state index >= 15 is 0 Å². The maximum absolute atomic E-state index is 4.15. The van der Waals surface area contributed by atoms with Crippen molar-refractivity contribution in [3.63, 3.8) is 0 Å². The molecule has 0 aromatic rings. The van der Waals surface area contributed by atoms with Crippen LogP contribution in [-0.4, -0.2) is 18.2 Å². The van der Waals surface area contributed by atoms with Gasteiger partial charge in [0.1, 0.15) is 0 Å². The summed E-state index contributed by atoms with van der Waals surface area (Å²) in [5, 5.41) is 0. The maximum atomic E-state index is 4.15. The lowest BCUT2D eigenvalue weighted by atomic mass is 10.00. The summed E-state index contributed by atoms with van der Waals surface area (Å²) in [4.78, 5) is 4.15. The fraction of sp³-hybridized carbons (Fsp3) is 0.444. The monoisotopic (exact) mass is 199 g/mol. The van der Waals surface area contributed by atoms with Crippen LogP contribution in [0.2, 0.25) is 0 Å². The highest BCUT2D eigenvalue weighted by Crippen LogP contribution is 2.25. The second-order valence-corrected chi connectivity index (χ2v) is 4.38. The largest absolute Gasteiger partial charge is 0.288 e. The van der Waals surface area contributed by atoms with Gasteiger partial charge in [-0.1, -0.05) is 21.4 Å². The molecule has 0 N–H and O–H groups in total. The Hall–Kier alpha value is 0.01000. The minimum absolute atomic E-state index is 0.600. The zero-order valence-corrected chi connectivity index (χ0v) is 9.85. The fourth-order valence-electron chi connectivity index (χ4n) is 1.32. The molecule has 66 valence electrons. The number of rotatable bonds is 1. The molecule has 1 aliphatic rings. The van der Waals surface area contributed by atoms with E-state index in [0.29, 0.717) is 5.66 Å². The molecule has 1 nitrogen and oxygen atoms in total. The Labute approximate surface area is 78.8 Å². The molecule has 0 heterocycles. The molecule has 0 aromatic carbocycles. The van der Waals surface area contributed by atoms with Gasteiger partial charge in [0.2, 0.25) is 0 Å². The first kappa shape index (κ1) is 10.1. The summed E-state index contributed by atoms with van der Waals surface area (Å²) in [5.41, 5.74) is 4.27. The van der Waals surface area contributed by atoms with Crippen LogP contribution in [0.5, 0.6) is 0 Å². The Morgan fingerprint density at radius 3 is 2.83 bits per heavy atom. The molecule has 1 rings (SSSR count). The average Bonchev–Trinajstić information content (AvgIpc) is 2.03. The fourth-order valence-corrected chi connectivity index (χ4v) is 2.09. The van der Waals surface area contributed by atoms with E-state index in [9.17, 15) is 0 Å². The van der Waals surface area contributed by atoms with Crippen LogP contribution in [-0.2, 0) is 0 Å². The van der Waals surface area contributed by atoms with Gasteiger partial charge in [-0.3, -0.25) is 4.99 Å². The first-order chi connectivity index (χ1) is 5.65. The highest BCUT2D eigenvalue weighted by molar-refractivity contribution is 7.42. The first-order valence-electron chi connectivity index (χ1n) is 4.02. The van der Waals surface area contributed by atoms with Crippen LogP contribution in [0.3, 0.4) is 0 Å². The molecule has 1 aliphatic carbocycles. The predicted octanol–water partition coefficient (Wildman–Crippen LogP) is 2.41. The van der Waals surface area contributed by atoms with Gasteiger partial charge in [0.15, 0.2) is 0 Å². The third-order valence-electron chi connectivity index (χ3n) is 2.00. The molecular formula is C9H15NP2. The van der Waals surface area contributed by atoms with Crippen LogP contribution in [0.4, 0.5) is 0 Å². The van der Waals surface area contributed by atoms with Crippen LogP contribution >= 0.6 is 18.5 Å². The summed E-state index contributed by atoms with van der Waals surface area (Å²) < 4.78 is 0. The smallest absolute Gasteiger partial charge is 0.0581 e. The molecule has 12 heavy (non-hydrogen) atoms. The third kappa shape index (κ3) is 2.25. The average molecular weight is 199 g/mol. The van der Waals surface area contributed by atoms with Crippen molar-refractivity contribution in [1.82, 2.24) is 0 Å². The molecule has 2 unspecified atom stereocenters. The number of hydrogen-bond donors (Lipinski definition) is 0. The number of allylic oxidation sites excluding steroid dienone is 4. The van der Waals surface area contributed by atoms with Crippen molar-refractivity contribution in [3.8, 4) is 0 Å². The van der Waals surface area contributed by atoms with Gasteiger partial charge in [-0.25, -0.2) is 0 Å². The van der Waals surface area contributed by atoms with Gasteiger partial charge in [0, 0.05) is 7.05 Å². The topological polar surface area (TPSA) is 12.4 Å². The van der Waals surface area contributed by atoms with Crippen molar-refractivity contribution >= 4 is 23.9 Å². The normalized spacial score (nSPS) is 25.0. The molecule has 0 aromatic heterocycles. The highest BCUT2D eigenvalue weighted by Gasteiger charge is 2.10. The summed E-state index contributed by atoms with van der Waals surface area (Å²) in [6.45, 7) is 2.14. The van der Waals surface area contributed by atoms with Crippen LogP contribution in [0.1, 0.15) is 13.3 Å². The van der Waals surface area contributed by atoms with Gasteiger partial charge in [-0.05, 0) is 30.1 Å². The van der Waals surface area contributed by atoms with Crippen LogP contribution in [0.25, 0.3) is 0 Å². The highest BCUT2D eigenvalue weighted by atomic mass is 31.0. The number of aliphatic imine (C=N–C) groups is 1. The molecule has 0 amide bonds. The molecule has 0 aliphatic heterocycles. The SMILES string of the molecule is CN=C(P)C1=CC[C@H](P)C=C1C. The van der Waals surface area contributed by atoms with Crippen molar-refractivity contribution < 1.29 is 0 Å². The van der Waals surface area contributed by atoms with E-state index in [1.54, 1.807) is 0 Å². The molecule has 3 atom stereocenters. The summed E-state index contributed by atoms with van der Waals surface area (Å²) >= 11 is 0. The van der Waals surface area contributed by atoms with Crippen molar-refractivity contribution in [1.29, 1.82) is 0 Å². The van der Waals surface area contributed by atoms with E-state index in [1.165, 1.54) is 11.1 Å². The second kappa shape index (κ2) is 4.30. The maximum Gasteiger partial charge on any atom is 0.0581 e. The Balaban J connectivity index is 2.88. The van der Waals surface area contributed by atoms with Gasteiger partial charge in [-0.2, -0.15) is 0 Å². The van der Waals surface area contributed by atoms with Crippen molar-refractivity contribution in [2.75, 3.05) is 7.05 Å². The van der Waals surface area contributed by atoms with Crippen molar-refractivity contribution in [2.24, 2.45) is 4.99 Å². The van der Waals surface area contributed by atoms with Crippen molar-refractivity contribution in [3.05, 3.63) is 23.3 Å². The lowest BCUT2D eigenvalue weighted by Gasteiger charge is -2.16. The Morgan fingerprint density at radius 2 is 2.33 bits per heavy atom.